The van der Waals surface area contributed by atoms with Crippen molar-refractivity contribution < 1.29 is 9.53 Å². The molecule has 1 aliphatic carbocycles. The maximum atomic E-state index is 12.7. The Labute approximate surface area is 122 Å². The van der Waals surface area contributed by atoms with E-state index in [9.17, 15) is 4.79 Å². The Morgan fingerprint density at radius 1 is 1.30 bits per heavy atom. The zero-order valence-electron chi connectivity index (χ0n) is 12.6. The summed E-state index contributed by atoms with van der Waals surface area (Å²) >= 11 is 0. The Kier molecular flexibility index (Phi) is 4.61. The lowest BCUT2D eigenvalue weighted by Crippen LogP contribution is -2.44. The molecular weight excluding hydrogens is 252 g/mol. The summed E-state index contributed by atoms with van der Waals surface area (Å²) in [6, 6.07) is 0.0629. The fourth-order valence-corrected chi connectivity index (χ4v) is 4.07. The van der Waals surface area contributed by atoms with Gasteiger partial charge in [0.2, 0.25) is 5.91 Å². The highest BCUT2D eigenvalue weighted by Crippen LogP contribution is 2.33. The third-order valence-corrected chi connectivity index (χ3v) is 5.19. The molecule has 0 radical (unpaired) electrons. The number of ether oxygens (including phenoxy) is 1. The van der Waals surface area contributed by atoms with Crippen LogP contribution in [0.5, 0.6) is 0 Å². The van der Waals surface area contributed by atoms with Gasteiger partial charge in [-0.2, -0.15) is 0 Å². The molecule has 4 heteroatoms. The second-order valence-electron chi connectivity index (χ2n) is 6.72. The number of nitrogens with one attached hydrogen (secondary N) is 1. The molecule has 0 aromatic heterocycles. The van der Waals surface area contributed by atoms with E-state index < -0.39 is 0 Å². The molecular formula is C16H28N2O2. The van der Waals surface area contributed by atoms with Gasteiger partial charge in [-0.3, -0.25) is 10.1 Å². The summed E-state index contributed by atoms with van der Waals surface area (Å²) in [6.07, 6.45) is 8.66. The number of nitrogens with zero attached hydrogens (tertiary/aromatic N) is 1. The highest BCUT2D eigenvalue weighted by Gasteiger charge is 2.43. The van der Waals surface area contributed by atoms with Crippen LogP contribution in [0.3, 0.4) is 0 Å². The largest absolute Gasteiger partial charge is 0.381 e. The summed E-state index contributed by atoms with van der Waals surface area (Å²) in [7, 11) is 0. The standard InChI is InChI=1S/C16H28N2O2/c1-2-5-14-16(19)18(10-12-8-9-20-11-12)15(17-14)13-6-3-4-7-13/h12-15,17H,2-11H2,1H3. The number of carbonyl (C=O) groups is 1. The van der Waals surface area contributed by atoms with Crippen molar-refractivity contribution in [2.75, 3.05) is 19.8 Å². The zero-order chi connectivity index (χ0) is 13.9. The SMILES string of the molecule is CCCC1NC(C2CCCC2)N(CC2CCOC2)C1=O. The van der Waals surface area contributed by atoms with Crippen molar-refractivity contribution in [3.63, 3.8) is 0 Å². The smallest absolute Gasteiger partial charge is 0.241 e. The van der Waals surface area contributed by atoms with Crippen molar-refractivity contribution in [2.24, 2.45) is 11.8 Å². The van der Waals surface area contributed by atoms with E-state index in [1.54, 1.807) is 0 Å². The molecule has 3 aliphatic rings. The van der Waals surface area contributed by atoms with Crippen LogP contribution < -0.4 is 5.32 Å². The molecule has 2 heterocycles. The second kappa shape index (κ2) is 6.44. The van der Waals surface area contributed by atoms with E-state index in [2.05, 4.69) is 17.1 Å². The van der Waals surface area contributed by atoms with E-state index in [0.29, 0.717) is 23.9 Å². The summed E-state index contributed by atoms with van der Waals surface area (Å²) in [6.45, 7) is 4.76. The van der Waals surface area contributed by atoms with E-state index >= 15 is 0 Å². The van der Waals surface area contributed by atoms with Gasteiger partial charge in [0, 0.05) is 19.1 Å². The van der Waals surface area contributed by atoms with Crippen LogP contribution in [0.15, 0.2) is 0 Å². The average molecular weight is 280 g/mol. The predicted octanol–water partition coefficient (Wildman–Crippen LogP) is 2.14. The molecule has 0 bridgehead atoms. The first-order chi connectivity index (χ1) is 9.79. The van der Waals surface area contributed by atoms with Crippen LogP contribution in [0.1, 0.15) is 51.9 Å². The minimum atomic E-state index is 0.0629. The van der Waals surface area contributed by atoms with E-state index in [1.807, 2.05) is 0 Å². The maximum absolute atomic E-state index is 12.7. The van der Waals surface area contributed by atoms with Gasteiger partial charge in [0.25, 0.3) is 0 Å². The Morgan fingerprint density at radius 2 is 2.10 bits per heavy atom. The molecule has 2 saturated heterocycles. The van der Waals surface area contributed by atoms with Crippen molar-refractivity contribution >= 4 is 5.91 Å². The number of hydrogen-bond acceptors (Lipinski definition) is 3. The molecule has 3 rings (SSSR count). The molecule has 3 fully saturated rings. The fraction of sp³-hybridized carbons (Fsp3) is 0.938. The van der Waals surface area contributed by atoms with Gasteiger partial charge in [-0.1, -0.05) is 26.2 Å². The monoisotopic (exact) mass is 280 g/mol. The van der Waals surface area contributed by atoms with Crippen LogP contribution >= 0.6 is 0 Å². The number of amides is 1. The minimum absolute atomic E-state index is 0.0629. The Bertz CT molecular complexity index is 335. The number of hydrogen-bond donors (Lipinski definition) is 1. The number of rotatable bonds is 5. The van der Waals surface area contributed by atoms with Crippen molar-refractivity contribution in [3.05, 3.63) is 0 Å². The fourth-order valence-electron chi connectivity index (χ4n) is 4.07. The topological polar surface area (TPSA) is 41.6 Å². The molecule has 0 aromatic carbocycles. The Hall–Kier alpha value is -0.610. The van der Waals surface area contributed by atoms with Gasteiger partial charge in [-0.15, -0.1) is 0 Å². The van der Waals surface area contributed by atoms with Gasteiger partial charge < -0.3 is 9.64 Å². The molecule has 0 spiro atoms. The highest BCUT2D eigenvalue weighted by atomic mass is 16.5. The van der Waals surface area contributed by atoms with Crippen LogP contribution in [0.4, 0.5) is 0 Å². The van der Waals surface area contributed by atoms with E-state index in [0.717, 1.165) is 39.0 Å². The van der Waals surface area contributed by atoms with E-state index in [-0.39, 0.29) is 6.04 Å². The lowest BCUT2D eigenvalue weighted by molar-refractivity contribution is -0.131. The molecule has 0 aromatic rings. The lowest BCUT2D eigenvalue weighted by Gasteiger charge is -2.30. The van der Waals surface area contributed by atoms with Gasteiger partial charge >= 0.3 is 0 Å². The van der Waals surface area contributed by atoms with Crippen molar-refractivity contribution in [1.82, 2.24) is 10.2 Å². The van der Waals surface area contributed by atoms with Gasteiger partial charge in [0.1, 0.15) is 0 Å². The van der Waals surface area contributed by atoms with Crippen LogP contribution in [0, 0.1) is 11.8 Å². The van der Waals surface area contributed by atoms with Crippen LogP contribution in [0.25, 0.3) is 0 Å². The molecule has 1 amide bonds. The average Bonchev–Trinajstić information content (AvgIpc) is 3.16. The summed E-state index contributed by atoms with van der Waals surface area (Å²) in [4.78, 5) is 14.8. The minimum Gasteiger partial charge on any atom is -0.381 e. The molecule has 3 atom stereocenters. The van der Waals surface area contributed by atoms with Crippen molar-refractivity contribution in [3.8, 4) is 0 Å². The normalized spacial score (nSPS) is 35.4. The van der Waals surface area contributed by atoms with E-state index in [1.165, 1.54) is 25.7 Å². The second-order valence-corrected chi connectivity index (χ2v) is 6.72. The first-order valence-electron chi connectivity index (χ1n) is 8.44. The molecule has 20 heavy (non-hydrogen) atoms. The highest BCUT2D eigenvalue weighted by molar-refractivity contribution is 5.84. The van der Waals surface area contributed by atoms with Crippen LogP contribution in [0.2, 0.25) is 0 Å². The molecule has 4 nitrogen and oxygen atoms in total. The first kappa shape index (κ1) is 14.3. The van der Waals surface area contributed by atoms with Gasteiger partial charge in [-0.05, 0) is 31.6 Å². The summed E-state index contributed by atoms with van der Waals surface area (Å²) in [5.74, 6) is 1.56. The van der Waals surface area contributed by atoms with Crippen molar-refractivity contribution in [2.45, 2.75) is 64.1 Å². The maximum Gasteiger partial charge on any atom is 0.241 e. The molecule has 114 valence electrons. The summed E-state index contributed by atoms with van der Waals surface area (Å²) in [5.41, 5.74) is 0. The third kappa shape index (κ3) is 2.86. The van der Waals surface area contributed by atoms with Gasteiger partial charge in [-0.25, -0.2) is 0 Å². The van der Waals surface area contributed by atoms with Crippen molar-refractivity contribution in [1.29, 1.82) is 0 Å². The summed E-state index contributed by atoms with van der Waals surface area (Å²) in [5, 5.41) is 3.64. The Balaban J connectivity index is 1.68. The lowest BCUT2D eigenvalue weighted by atomic mass is 10.0. The summed E-state index contributed by atoms with van der Waals surface area (Å²) < 4.78 is 5.48. The van der Waals surface area contributed by atoms with Crippen LogP contribution in [-0.2, 0) is 9.53 Å². The van der Waals surface area contributed by atoms with E-state index in [4.69, 9.17) is 4.74 Å². The zero-order valence-corrected chi connectivity index (χ0v) is 12.6. The van der Waals surface area contributed by atoms with Crippen LogP contribution in [-0.4, -0.2) is 42.8 Å². The van der Waals surface area contributed by atoms with Gasteiger partial charge in [0.15, 0.2) is 0 Å². The Morgan fingerprint density at radius 3 is 2.75 bits per heavy atom. The quantitative estimate of drug-likeness (QED) is 0.839. The molecule has 1 saturated carbocycles. The molecule has 3 unspecified atom stereocenters. The van der Waals surface area contributed by atoms with Gasteiger partial charge in [0.05, 0.1) is 18.8 Å². The molecule has 2 aliphatic heterocycles. The number of carbonyl (C=O) groups excluding carboxylic acids is 1. The first-order valence-corrected chi connectivity index (χ1v) is 8.44. The molecule has 1 N–H and O–H groups in total. The third-order valence-electron chi connectivity index (χ3n) is 5.19. The predicted molar refractivity (Wildman–Crippen MR) is 78.2 cm³/mol.